The lowest BCUT2D eigenvalue weighted by atomic mass is 10.2. The van der Waals surface area contributed by atoms with Crippen LogP contribution in [-0.4, -0.2) is 29.7 Å². The molecule has 0 radical (unpaired) electrons. The van der Waals surface area contributed by atoms with Crippen molar-refractivity contribution in [3.05, 3.63) is 53.1 Å². The maximum absolute atomic E-state index is 12.2. The molecule has 8 heteroatoms. The normalized spacial score (nSPS) is 10.6. The predicted molar refractivity (Wildman–Crippen MR) is 102 cm³/mol. The molecule has 2 aromatic carbocycles. The lowest BCUT2D eigenvalue weighted by Crippen LogP contribution is -2.17. The van der Waals surface area contributed by atoms with Crippen molar-refractivity contribution in [3.63, 3.8) is 0 Å². The number of esters is 1. The van der Waals surface area contributed by atoms with Crippen molar-refractivity contribution in [2.45, 2.75) is 4.34 Å². The van der Waals surface area contributed by atoms with Crippen LogP contribution in [0.15, 0.2) is 46.8 Å². The first-order chi connectivity index (χ1) is 12.1. The number of amides is 1. The second kappa shape index (κ2) is 7.86. The number of rotatable bonds is 5. The lowest BCUT2D eigenvalue weighted by molar-refractivity contribution is -0.113. The standard InChI is InChI=1S/C17H13ClN2O3S2/c1-23-16(22)11-7-6-10(18)8-13(11)19-15(21)9-24-17-20-12-4-2-3-5-14(12)25-17/h2-8H,9H2,1H3,(H,19,21). The fourth-order valence-electron chi connectivity index (χ4n) is 2.13. The Bertz CT molecular complexity index is 910. The van der Waals surface area contributed by atoms with E-state index in [0.29, 0.717) is 10.7 Å². The molecule has 5 nitrogen and oxygen atoms in total. The molecule has 0 saturated heterocycles. The number of thioether (sulfide) groups is 1. The fraction of sp³-hybridized carbons (Fsp3) is 0.118. The van der Waals surface area contributed by atoms with Crippen LogP contribution in [0.25, 0.3) is 10.2 Å². The van der Waals surface area contributed by atoms with Crippen LogP contribution in [0.3, 0.4) is 0 Å². The molecule has 0 spiro atoms. The van der Waals surface area contributed by atoms with Gasteiger partial charge >= 0.3 is 5.97 Å². The number of hydrogen-bond acceptors (Lipinski definition) is 6. The number of methoxy groups -OCH3 is 1. The summed E-state index contributed by atoms with van der Waals surface area (Å²) in [5, 5.41) is 3.12. The lowest BCUT2D eigenvalue weighted by Gasteiger charge is -2.09. The average Bonchev–Trinajstić information content (AvgIpc) is 3.02. The van der Waals surface area contributed by atoms with Crippen molar-refractivity contribution < 1.29 is 14.3 Å². The molecule has 0 fully saturated rings. The van der Waals surface area contributed by atoms with Crippen molar-refractivity contribution in [1.82, 2.24) is 4.98 Å². The molecule has 0 aliphatic carbocycles. The third-order valence-electron chi connectivity index (χ3n) is 3.26. The minimum atomic E-state index is -0.536. The summed E-state index contributed by atoms with van der Waals surface area (Å²) in [6, 6.07) is 12.4. The number of halogens is 1. The van der Waals surface area contributed by atoms with Gasteiger partial charge in [0.2, 0.25) is 5.91 Å². The van der Waals surface area contributed by atoms with E-state index >= 15 is 0 Å². The highest BCUT2D eigenvalue weighted by Crippen LogP contribution is 2.29. The van der Waals surface area contributed by atoms with Gasteiger partial charge in [-0.05, 0) is 30.3 Å². The van der Waals surface area contributed by atoms with Gasteiger partial charge in [-0.2, -0.15) is 0 Å². The summed E-state index contributed by atoms with van der Waals surface area (Å²) in [6.45, 7) is 0. The number of hydrogen-bond donors (Lipinski definition) is 1. The van der Waals surface area contributed by atoms with Crippen molar-refractivity contribution in [3.8, 4) is 0 Å². The highest BCUT2D eigenvalue weighted by atomic mass is 35.5. The second-order valence-corrected chi connectivity index (χ2v) is 7.66. The summed E-state index contributed by atoms with van der Waals surface area (Å²) in [7, 11) is 1.28. The third-order valence-corrected chi connectivity index (χ3v) is 5.68. The SMILES string of the molecule is COC(=O)c1ccc(Cl)cc1NC(=O)CSc1nc2ccccc2s1. The molecule has 0 aliphatic heterocycles. The fourth-order valence-corrected chi connectivity index (χ4v) is 4.17. The Kier molecular flexibility index (Phi) is 5.57. The van der Waals surface area contributed by atoms with Crippen LogP contribution >= 0.6 is 34.7 Å². The molecule has 1 amide bonds. The van der Waals surface area contributed by atoms with E-state index in [2.05, 4.69) is 10.3 Å². The summed E-state index contributed by atoms with van der Waals surface area (Å²) in [6.07, 6.45) is 0. The van der Waals surface area contributed by atoms with Gasteiger partial charge in [-0.3, -0.25) is 4.79 Å². The van der Waals surface area contributed by atoms with Crippen LogP contribution < -0.4 is 5.32 Å². The van der Waals surface area contributed by atoms with E-state index in [9.17, 15) is 9.59 Å². The molecule has 128 valence electrons. The Morgan fingerprint density at radius 1 is 1.28 bits per heavy atom. The Balaban J connectivity index is 1.68. The quantitative estimate of drug-likeness (QED) is 0.512. The number of aromatic nitrogens is 1. The molecule has 25 heavy (non-hydrogen) atoms. The van der Waals surface area contributed by atoms with Crippen LogP contribution in [0.5, 0.6) is 0 Å². The van der Waals surface area contributed by atoms with Crippen LogP contribution in [0.4, 0.5) is 5.69 Å². The van der Waals surface area contributed by atoms with Gasteiger partial charge in [0.15, 0.2) is 4.34 Å². The van der Waals surface area contributed by atoms with E-state index in [1.807, 2.05) is 24.3 Å². The van der Waals surface area contributed by atoms with E-state index in [-0.39, 0.29) is 17.2 Å². The first-order valence-electron chi connectivity index (χ1n) is 7.23. The van der Waals surface area contributed by atoms with Gasteiger partial charge in [0.1, 0.15) is 0 Å². The molecule has 0 aliphatic rings. The number of nitrogens with zero attached hydrogens (tertiary/aromatic N) is 1. The largest absolute Gasteiger partial charge is 0.465 e. The van der Waals surface area contributed by atoms with E-state index in [1.165, 1.54) is 42.3 Å². The molecule has 0 saturated carbocycles. The van der Waals surface area contributed by atoms with E-state index in [4.69, 9.17) is 16.3 Å². The Morgan fingerprint density at radius 3 is 2.84 bits per heavy atom. The number of ether oxygens (including phenoxy) is 1. The molecule has 3 aromatic rings. The molecule has 0 atom stereocenters. The van der Waals surface area contributed by atoms with Gasteiger partial charge in [-0.15, -0.1) is 11.3 Å². The number of nitrogens with one attached hydrogen (secondary N) is 1. The third kappa shape index (κ3) is 4.31. The number of thiazole rings is 1. The highest BCUT2D eigenvalue weighted by Gasteiger charge is 2.15. The average molecular weight is 393 g/mol. The molecule has 1 heterocycles. The van der Waals surface area contributed by atoms with E-state index in [0.717, 1.165) is 14.6 Å². The zero-order chi connectivity index (χ0) is 17.8. The minimum absolute atomic E-state index is 0.174. The van der Waals surface area contributed by atoms with Crippen molar-refractivity contribution >= 4 is 62.5 Å². The van der Waals surface area contributed by atoms with Gasteiger partial charge in [-0.1, -0.05) is 35.5 Å². The van der Waals surface area contributed by atoms with Gasteiger partial charge in [-0.25, -0.2) is 9.78 Å². The van der Waals surface area contributed by atoms with Gasteiger partial charge in [0.05, 0.1) is 34.3 Å². The minimum Gasteiger partial charge on any atom is -0.465 e. The van der Waals surface area contributed by atoms with Gasteiger partial charge in [0.25, 0.3) is 0 Å². The number of para-hydroxylation sites is 1. The summed E-state index contributed by atoms with van der Waals surface area (Å²) in [5.41, 5.74) is 1.50. The number of carbonyl (C=O) groups is 2. The zero-order valence-electron chi connectivity index (χ0n) is 13.1. The second-order valence-electron chi connectivity index (χ2n) is 4.97. The Hall–Kier alpha value is -2.09. The van der Waals surface area contributed by atoms with Crippen LogP contribution in [0.1, 0.15) is 10.4 Å². The van der Waals surface area contributed by atoms with Gasteiger partial charge in [0, 0.05) is 5.02 Å². The maximum Gasteiger partial charge on any atom is 0.339 e. The molecule has 3 rings (SSSR count). The molecule has 1 N–H and O–H groups in total. The summed E-state index contributed by atoms with van der Waals surface area (Å²) in [5.74, 6) is -0.616. The van der Waals surface area contributed by atoms with Gasteiger partial charge < -0.3 is 10.1 Å². The number of anilines is 1. The van der Waals surface area contributed by atoms with Crippen molar-refractivity contribution in [1.29, 1.82) is 0 Å². The molecular formula is C17H13ClN2O3S2. The zero-order valence-corrected chi connectivity index (χ0v) is 15.5. The first kappa shape index (κ1) is 17.7. The van der Waals surface area contributed by atoms with E-state index < -0.39 is 5.97 Å². The summed E-state index contributed by atoms with van der Waals surface area (Å²) >= 11 is 8.83. The molecule has 0 bridgehead atoms. The predicted octanol–water partition coefficient (Wildman–Crippen LogP) is 4.47. The first-order valence-corrected chi connectivity index (χ1v) is 9.41. The Morgan fingerprint density at radius 2 is 2.08 bits per heavy atom. The van der Waals surface area contributed by atoms with Crippen LogP contribution in [0.2, 0.25) is 5.02 Å². The summed E-state index contributed by atoms with van der Waals surface area (Å²) < 4.78 is 6.61. The maximum atomic E-state index is 12.2. The molecule has 0 unspecified atom stereocenters. The van der Waals surface area contributed by atoms with Crippen LogP contribution in [0, 0.1) is 0 Å². The summed E-state index contributed by atoms with van der Waals surface area (Å²) in [4.78, 5) is 28.5. The number of fused-ring (bicyclic) bond motifs is 1. The van der Waals surface area contributed by atoms with Crippen molar-refractivity contribution in [2.75, 3.05) is 18.2 Å². The van der Waals surface area contributed by atoms with E-state index in [1.54, 1.807) is 6.07 Å². The monoisotopic (exact) mass is 392 g/mol. The molecule has 1 aromatic heterocycles. The topological polar surface area (TPSA) is 68.3 Å². The van der Waals surface area contributed by atoms with Crippen molar-refractivity contribution in [2.24, 2.45) is 0 Å². The number of benzene rings is 2. The molecular weight excluding hydrogens is 380 g/mol. The Labute approximate surface area is 157 Å². The number of carbonyl (C=O) groups excluding carboxylic acids is 2. The highest BCUT2D eigenvalue weighted by molar-refractivity contribution is 8.01. The van der Waals surface area contributed by atoms with Crippen LogP contribution in [-0.2, 0) is 9.53 Å². The smallest absolute Gasteiger partial charge is 0.339 e.